The van der Waals surface area contributed by atoms with Gasteiger partial charge in [0.05, 0.1) is 0 Å². The summed E-state index contributed by atoms with van der Waals surface area (Å²) in [6.45, 7) is 5.47. The molecule has 3 heterocycles. The van der Waals surface area contributed by atoms with Crippen LogP contribution in [0.15, 0.2) is 24.4 Å². The molecule has 2 aromatic heterocycles. The minimum Gasteiger partial charge on any atom is -0.355 e. The van der Waals surface area contributed by atoms with Crippen molar-refractivity contribution in [2.75, 3.05) is 31.6 Å². The van der Waals surface area contributed by atoms with Crippen LogP contribution in [-0.4, -0.2) is 52.6 Å². The highest BCUT2D eigenvalue weighted by Crippen LogP contribution is 2.33. The van der Waals surface area contributed by atoms with Gasteiger partial charge in [0.25, 0.3) is 0 Å². The van der Waals surface area contributed by atoms with Gasteiger partial charge in [-0.3, -0.25) is 4.98 Å². The number of rotatable bonds is 4. The Labute approximate surface area is 143 Å². The molecule has 0 amide bonds. The Morgan fingerprint density at radius 3 is 2.96 bits per heavy atom. The highest BCUT2D eigenvalue weighted by molar-refractivity contribution is 5.59. The molecule has 5 heteroatoms. The second-order valence-electron chi connectivity index (χ2n) is 6.83. The second kappa shape index (κ2) is 6.48. The van der Waals surface area contributed by atoms with Gasteiger partial charge >= 0.3 is 0 Å². The average Bonchev–Trinajstić information content (AvgIpc) is 3.30. The molecule has 0 N–H and O–H groups in total. The van der Waals surface area contributed by atoms with Gasteiger partial charge in [0.1, 0.15) is 11.5 Å². The zero-order valence-electron chi connectivity index (χ0n) is 14.6. The molecule has 2 aromatic rings. The van der Waals surface area contributed by atoms with E-state index < -0.39 is 0 Å². The van der Waals surface area contributed by atoms with Crippen molar-refractivity contribution in [3.63, 3.8) is 0 Å². The van der Waals surface area contributed by atoms with Crippen LogP contribution in [0.5, 0.6) is 0 Å². The quantitative estimate of drug-likeness (QED) is 0.865. The molecular formula is C19H25N5. The van der Waals surface area contributed by atoms with Crippen LogP contribution < -0.4 is 4.90 Å². The minimum atomic E-state index is 0.625. The molecule has 2 aliphatic rings. The first-order valence-corrected chi connectivity index (χ1v) is 9.02. The molecule has 1 aliphatic heterocycles. The minimum absolute atomic E-state index is 0.625. The van der Waals surface area contributed by atoms with Gasteiger partial charge in [0.15, 0.2) is 5.82 Å². The van der Waals surface area contributed by atoms with E-state index in [9.17, 15) is 0 Å². The number of likely N-dealkylation sites (N-methyl/N-ethyl adjacent to an activating group) is 1. The predicted molar refractivity (Wildman–Crippen MR) is 96.2 cm³/mol. The highest BCUT2D eigenvalue weighted by atomic mass is 15.3. The molecule has 0 radical (unpaired) electrons. The Morgan fingerprint density at radius 2 is 2.17 bits per heavy atom. The number of hydrogen-bond donors (Lipinski definition) is 0. The van der Waals surface area contributed by atoms with Crippen LogP contribution >= 0.6 is 0 Å². The van der Waals surface area contributed by atoms with E-state index in [0.717, 1.165) is 49.8 Å². The van der Waals surface area contributed by atoms with Crippen molar-refractivity contribution in [2.24, 2.45) is 0 Å². The molecule has 1 aliphatic carbocycles. The van der Waals surface area contributed by atoms with E-state index in [4.69, 9.17) is 9.97 Å². The van der Waals surface area contributed by atoms with Crippen LogP contribution in [0.3, 0.4) is 0 Å². The van der Waals surface area contributed by atoms with Crippen molar-refractivity contribution in [3.8, 4) is 11.5 Å². The first kappa shape index (κ1) is 15.5. The van der Waals surface area contributed by atoms with Crippen LogP contribution in [0.25, 0.3) is 11.5 Å². The zero-order valence-corrected chi connectivity index (χ0v) is 14.6. The molecule has 24 heavy (non-hydrogen) atoms. The number of pyridine rings is 1. The zero-order chi connectivity index (χ0) is 16.5. The first-order chi connectivity index (χ1) is 11.8. The summed E-state index contributed by atoms with van der Waals surface area (Å²) < 4.78 is 0. The fourth-order valence-electron chi connectivity index (χ4n) is 3.84. The molecule has 1 fully saturated rings. The van der Waals surface area contributed by atoms with E-state index in [0.29, 0.717) is 6.04 Å². The smallest absolute Gasteiger partial charge is 0.180 e. The summed E-state index contributed by atoms with van der Waals surface area (Å²) in [4.78, 5) is 19.1. The van der Waals surface area contributed by atoms with E-state index in [1.807, 2.05) is 24.4 Å². The van der Waals surface area contributed by atoms with E-state index in [1.54, 1.807) is 0 Å². The van der Waals surface area contributed by atoms with Crippen molar-refractivity contribution in [1.82, 2.24) is 19.9 Å². The van der Waals surface area contributed by atoms with Crippen molar-refractivity contribution in [1.29, 1.82) is 0 Å². The summed E-state index contributed by atoms with van der Waals surface area (Å²) in [5.74, 6) is 1.93. The summed E-state index contributed by atoms with van der Waals surface area (Å²) >= 11 is 0. The molecule has 0 spiro atoms. The Balaban J connectivity index is 1.69. The second-order valence-corrected chi connectivity index (χ2v) is 6.83. The molecule has 1 unspecified atom stereocenters. The van der Waals surface area contributed by atoms with Crippen LogP contribution in [0.2, 0.25) is 0 Å². The molecule has 4 rings (SSSR count). The van der Waals surface area contributed by atoms with Gasteiger partial charge in [0, 0.05) is 36.6 Å². The number of hydrogen-bond acceptors (Lipinski definition) is 5. The Kier molecular flexibility index (Phi) is 4.19. The molecule has 0 aromatic carbocycles. The normalized spacial score (nSPS) is 20.0. The van der Waals surface area contributed by atoms with E-state index >= 15 is 0 Å². The molecular weight excluding hydrogens is 298 g/mol. The fourth-order valence-corrected chi connectivity index (χ4v) is 3.84. The number of anilines is 1. The molecule has 0 bridgehead atoms. The molecule has 126 valence electrons. The van der Waals surface area contributed by atoms with Gasteiger partial charge in [-0.1, -0.05) is 13.0 Å². The van der Waals surface area contributed by atoms with Crippen molar-refractivity contribution < 1.29 is 0 Å². The first-order valence-electron chi connectivity index (χ1n) is 9.02. The van der Waals surface area contributed by atoms with Crippen LogP contribution in [-0.2, 0) is 12.8 Å². The van der Waals surface area contributed by atoms with E-state index in [-0.39, 0.29) is 0 Å². The third kappa shape index (κ3) is 2.77. The summed E-state index contributed by atoms with van der Waals surface area (Å²) in [6, 6.07) is 6.56. The van der Waals surface area contributed by atoms with E-state index in [1.165, 1.54) is 24.1 Å². The van der Waals surface area contributed by atoms with Gasteiger partial charge in [0.2, 0.25) is 0 Å². The number of fused-ring (bicyclic) bond motifs is 1. The van der Waals surface area contributed by atoms with Gasteiger partial charge in [-0.15, -0.1) is 0 Å². The Hall–Kier alpha value is -2.01. The van der Waals surface area contributed by atoms with Gasteiger partial charge in [-0.25, -0.2) is 9.97 Å². The van der Waals surface area contributed by atoms with Crippen molar-refractivity contribution in [3.05, 3.63) is 35.7 Å². The van der Waals surface area contributed by atoms with Gasteiger partial charge in [-0.05, 0) is 51.4 Å². The maximum Gasteiger partial charge on any atom is 0.180 e. The highest BCUT2D eigenvalue weighted by Gasteiger charge is 2.30. The monoisotopic (exact) mass is 323 g/mol. The van der Waals surface area contributed by atoms with Crippen LogP contribution in [0.4, 0.5) is 5.82 Å². The lowest BCUT2D eigenvalue weighted by Gasteiger charge is -2.24. The lowest BCUT2D eigenvalue weighted by atomic mass is 10.2. The van der Waals surface area contributed by atoms with Gasteiger partial charge < -0.3 is 9.80 Å². The third-order valence-corrected chi connectivity index (χ3v) is 5.39. The van der Waals surface area contributed by atoms with Crippen molar-refractivity contribution in [2.45, 2.75) is 38.6 Å². The summed E-state index contributed by atoms with van der Waals surface area (Å²) in [5.41, 5.74) is 3.47. The molecule has 5 nitrogen and oxygen atoms in total. The van der Waals surface area contributed by atoms with Crippen LogP contribution in [0, 0.1) is 0 Å². The summed E-state index contributed by atoms with van der Waals surface area (Å²) in [7, 11) is 2.22. The third-order valence-electron chi connectivity index (χ3n) is 5.39. The molecule has 1 atom stereocenters. The molecule has 0 saturated carbocycles. The Morgan fingerprint density at radius 1 is 1.25 bits per heavy atom. The summed E-state index contributed by atoms with van der Waals surface area (Å²) in [5, 5.41) is 0. The largest absolute Gasteiger partial charge is 0.355 e. The SMILES string of the molecule is CCN(C)C1CCN(c2nc(-c3ccccn3)nc3c2CCC3)C1. The number of aromatic nitrogens is 3. The predicted octanol–water partition coefficient (Wildman–Crippen LogP) is 2.56. The lowest BCUT2D eigenvalue weighted by Crippen LogP contribution is -2.34. The standard InChI is InChI=1S/C19H25N5/c1-3-23(2)14-10-12-24(13-14)19-15-7-6-9-16(15)21-18(22-19)17-8-4-5-11-20-17/h4-5,8,11,14H,3,6-7,9-10,12-13H2,1-2H3. The van der Waals surface area contributed by atoms with Crippen molar-refractivity contribution >= 4 is 5.82 Å². The lowest BCUT2D eigenvalue weighted by molar-refractivity contribution is 0.272. The molecule has 1 saturated heterocycles. The summed E-state index contributed by atoms with van der Waals surface area (Å²) in [6.07, 6.45) is 6.39. The topological polar surface area (TPSA) is 45.2 Å². The maximum atomic E-state index is 4.95. The van der Waals surface area contributed by atoms with Gasteiger partial charge in [-0.2, -0.15) is 0 Å². The fraction of sp³-hybridized carbons (Fsp3) is 0.526. The van der Waals surface area contributed by atoms with Crippen LogP contribution in [0.1, 0.15) is 31.0 Å². The Bertz CT molecular complexity index is 715. The maximum absolute atomic E-state index is 4.95. The number of aryl methyl sites for hydroxylation is 1. The van der Waals surface area contributed by atoms with E-state index in [2.05, 4.69) is 28.8 Å². The average molecular weight is 323 g/mol. The number of nitrogens with zero attached hydrogens (tertiary/aromatic N) is 5.